The summed E-state index contributed by atoms with van der Waals surface area (Å²) in [6.45, 7) is 3.68. The lowest BCUT2D eigenvalue weighted by Crippen LogP contribution is -2.69. The van der Waals surface area contributed by atoms with Gasteiger partial charge >= 0.3 is 0 Å². The molecule has 26 heavy (non-hydrogen) atoms. The van der Waals surface area contributed by atoms with Gasteiger partial charge in [0.1, 0.15) is 5.69 Å². The average molecular weight is 355 g/mol. The average Bonchev–Trinajstić information content (AvgIpc) is 2.88. The van der Waals surface area contributed by atoms with Crippen molar-refractivity contribution >= 4 is 11.8 Å². The van der Waals surface area contributed by atoms with Crippen LogP contribution in [0.2, 0.25) is 0 Å². The molecule has 0 saturated heterocycles. The summed E-state index contributed by atoms with van der Waals surface area (Å²) in [4.78, 5) is 28.1. The number of fused-ring (bicyclic) bond motifs is 1. The van der Waals surface area contributed by atoms with Crippen LogP contribution in [0.15, 0.2) is 0 Å². The quantitative estimate of drug-likeness (QED) is 0.880. The second-order valence-electron chi connectivity index (χ2n) is 9.48. The van der Waals surface area contributed by atoms with E-state index in [0.717, 1.165) is 61.7 Å². The third kappa shape index (κ3) is 1.79. The Balaban J connectivity index is 1.29. The van der Waals surface area contributed by atoms with Crippen LogP contribution in [0.4, 0.5) is 0 Å². The topological polar surface area (TPSA) is 80.1 Å². The van der Waals surface area contributed by atoms with E-state index in [1.807, 2.05) is 16.5 Å². The van der Waals surface area contributed by atoms with Crippen LogP contribution in [0.3, 0.4) is 0 Å². The lowest BCUT2D eigenvalue weighted by Gasteiger charge is -2.62. The SMILES string of the molecule is CCn1nnc2c1C(C(=O)NC13CC(C1)C3)CN(C(=O)C13CC(C1)C3)C2. The van der Waals surface area contributed by atoms with Crippen molar-refractivity contribution in [1.29, 1.82) is 0 Å². The van der Waals surface area contributed by atoms with Gasteiger partial charge in [0.2, 0.25) is 11.8 Å². The maximum atomic E-state index is 13.2. The van der Waals surface area contributed by atoms with Gasteiger partial charge in [-0.2, -0.15) is 0 Å². The van der Waals surface area contributed by atoms with Gasteiger partial charge in [-0.05, 0) is 57.3 Å². The largest absolute Gasteiger partial charge is 0.350 e. The highest BCUT2D eigenvalue weighted by Crippen LogP contribution is 2.65. The Labute approximate surface area is 152 Å². The summed E-state index contributed by atoms with van der Waals surface area (Å²) in [5.41, 5.74) is 1.65. The maximum Gasteiger partial charge on any atom is 0.231 e. The predicted molar refractivity (Wildman–Crippen MR) is 91.8 cm³/mol. The van der Waals surface area contributed by atoms with Gasteiger partial charge in [0.05, 0.1) is 23.6 Å². The summed E-state index contributed by atoms with van der Waals surface area (Å²) in [5.74, 6) is 1.53. The van der Waals surface area contributed by atoms with E-state index in [-0.39, 0.29) is 28.7 Å². The van der Waals surface area contributed by atoms with Crippen LogP contribution < -0.4 is 5.32 Å². The van der Waals surface area contributed by atoms with Crippen molar-refractivity contribution < 1.29 is 9.59 Å². The molecule has 1 atom stereocenters. The first kappa shape index (κ1) is 15.2. The Morgan fingerprint density at radius 1 is 1.15 bits per heavy atom. The molecule has 7 heteroatoms. The molecule has 138 valence electrons. The fraction of sp³-hybridized carbons (Fsp3) is 0.789. The molecular formula is C19H25N5O2. The van der Waals surface area contributed by atoms with Crippen molar-refractivity contribution in [3.05, 3.63) is 11.4 Å². The highest BCUT2D eigenvalue weighted by atomic mass is 16.2. The first-order valence-electron chi connectivity index (χ1n) is 10.0. The van der Waals surface area contributed by atoms with Crippen molar-refractivity contribution in [1.82, 2.24) is 25.2 Å². The van der Waals surface area contributed by atoms with Crippen molar-refractivity contribution in [2.75, 3.05) is 6.54 Å². The molecule has 7 nitrogen and oxygen atoms in total. The second-order valence-corrected chi connectivity index (χ2v) is 9.48. The molecular weight excluding hydrogens is 330 g/mol. The van der Waals surface area contributed by atoms with Crippen molar-refractivity contribution in [2.24, 2.45) is 17.3 Å². The number of carbonyl (C=O) groups excluding carboxylic acids is 2. The molecule has 1 aliphatic heterocycles. The fourth-order valence-electron chi connectivity index (χ4n) is 6.05. The molecule has 7 aliphatic rings. The van der Waals surface area contributed by atoms with E-state index >= 15 is 0 Å². The zero-order valence-electron chi connectivity index (χ0n) is 15.2. The summed E-state index contributed by atoms with van der Waals surface area (Å²) < 4.78 is 1.84. The number of rotatable bonds is 4. The van der Waals surface area contributed by atoms with Gasteiger partial charge in [0, 0.05) is 18.6 Å². The molecule has 6 fully saturated rings. The zero-order chi connectivity index (χ0) is 17.7. The van der Waals surface area contributed by atoms with Gasteiger partial charge < -0.3 is 10.2 Å². The van der Waals surface area contributed by atoms with Crippen LogP contribution in [0.5, 0.6) is 0 Å². The lowest BCUT2D eigenvalue weighted by atomic mass is 9.44. The van der Waals surface area contributed by atoms with E-state index < -0.39 is 0 Å². The molecule has 1 unspecified atom stereocenters. The summed E-state index contributed by atoms with van der Waals surface area (Å²) in [6.07, 6.45) is 6.48. The fourth-order valence-corrected chi connectivity index (χ4v) is 6.05. The van der Waals surface area contributed by atoms with Crippen molar-refractivity contribution in [2.45, 2.75) is 70.0 Å². The second kappa shape index (κ2) is 4.67. The zero-order valence-corrected chi connectivity index (χ0v) is 15.2. The van der Waals surface area contributed by atoms with E-state index in [1.165, 1.54) is 0 Å². The normalized spacial score (nSPS) is 41.1. The molecule has 2 heterocycles. The molecule has 1 aromatic heterocycles. The number of aromatic nitrogens is 3. The lowest BCUT2D eigenvalue weighted by molar-refractivity contribution is -0.178. The standard InChI is InChI=1S/C19H25N5O2/c1-2-24-15-13(16(25)20-19-6-12(7-19)8-19)9-23(10-14(15)21-22-24)17(26)18-3-11(4-18)5-18/h11-13H,2-10H2,1H3,(H,20,25). The van der Waals surface area contributed by atoms with E-state index in [2.05, 4.69) is 15.6 Å². The Kier molecular flexibility index (Phi) is 2.73. The summed E-state index contributed by atoms with van der Waals surface area (Å²) in [5, 5.41) is 11.8. The monoisotopic (exact) mass is 355 g/mol. The number of nitrogens with one attached hydrogen (secondary N) is 1. The molecule has 0 radical (unpaired) electrons. The number of aryl methyl sites for hydroxylation is 1. The number of amides is 2. The molecule has 1 aromatic rings. The van der Waals surface area contributed by atoms with Crippen LogP contribution in [0, 0.1) is 17.3 Å². The van der Waals surface area contributed by atoms with Gasteiger partial charge in [-0.3, -0.25) is 9.59 Å². The molecule has 2 amide bonds. The van der Waals surface area contributed by atoms with E-state index in [1.54, 1.807) is 0 Å². The smallest absolute Gasteiger partial charge is 0.231 e. The molecule has 6 aliphatic carbocycles. The summed E-state index contributed by atoms with van der Waals surface area (Å²) >= 11 is 0. The maximum absolute atomic E-state index is 13.2. The van der Waals surface area contributed by atoms with Crippen LogP contribution in [-0.2, 0) is 22.7 Å². The molecule has 4 bridgehead atoms. The number of carbonyl (C=O) groups is 2. The number of hydrogen-bond donors (Lipinski definition) is 1. The summed E-state index contributed by atoms with van der Waals surface area (Å²) in [7, 11) is 0. The van der Waals surface area contributed by atoms with Crippen LogP contribution in [0.25, 0.3) is 0 Å². The van der Waals surface area contributed by atoms with E-state index in [0.29, 0.717) is 19.6 Å². The first-order valence-corrected chi connectivity index (χ1v) is 10.0. The minimum Gasteiger partial charge on any atom is -0.350 e. The van der Waals surface area contributed by atoms with Crippen LogP contribution in [-0.4, -0.2) is 43.8 Å². The van der Waals surface area contributed by atoms with Crippen LogP contribution >= 0.6 is 0 Å². The number of nitrogens with zero attached hydrogens (tertiary/aromatic N) is 4. The molecule has 8 rings (SSSR count). The van der Waals surface area contributed by atoms with Gasteiger partial charge in [-0.15, -0.1) is 5.10 Å². The molecule has 0 spiro atoms. The first-order chi connectivity index (χ1) is 12.5. The van der Waals surface area contributed by atoms with E-state index in [4.69, 9.17) is 0 Å². The van der Waals surface area contributed by atoms with Gasteiger partial charge in [0.15, 0.2) is 0 Å². The van der Waals surface area contributed by atoms with Gasteiger partial charge in [-0.25, -0.2) is 4.68 Å². The minimum atomic E-state index is -0.348. The van der Waals surface area contributed by atoms with Crippen LogP contribution in [0.1, 0.15) is 62.8 Å². The highest BCUT2D eigenvalue weighted by molar-refractivity contribution is 5.89. The highest BCUT2D eigenvalue weighted by Gasteiger charge is 2.63. The molecule has 1 N–H and O–H groups in total. The number of hydrogen-bond acceptors (Lipinski definition) is 4. The van der Waals surface area contributed by atoms with E-state index in [9.17, 15) is 9.59 Å². The Morgan fingerprint density at radius 2 is 1.85 bits per heavy atom. The molecule has 6 saturated carbocycles. The van der Waals surface area contributed by atoms with Gasteiger partial charge in [-0.1, -0.05) is 5.21 Å². The third-order valence-corrected chi connectivity index (χ3v) is 7.74. The van der Waals surface area contributed by atoms with Crippen molar-refractivity contribution in [3.63, 3.8) is 0 Å². The Morgan fingerprint density at radius 3 is 2.38 bits per heavy atom. The van der Waals surface area contributed by atoms with Crippen molar-refractivity contribution in [3.8, 4) is 0 Å². The third-order valence-electron chi connectivity index (χ3n) is 7.74. The Bertz CT molecular complexity index is 796. The molecule has 0 aromatic carbocycles. The summed E-state index contributed by atoms with van der Waals surface area (Å²) in [6, 6.07) is 0. The minimum absolute atomic E-state index is 0.0482. The van der Waals surface area contributed by atoms with Gasteiger partial charge in [0.25, 0.3) is 0 Å². The Hall–Kier alpha value is -1.92. The predicted octanol–water partition coefficient (Wildman–Crippen LogP) is 1.19.